The van der Waals surface area contributed by atoms with Gasteiger partial charge in [-0.1, -0.05) is 6.07 Å². The average Bonchev–Trinajstić information content (AvgIpc) is 2.13. The van der Waals surface area contributed by atoms with E-state index in [1.165, 1.54) is 18.0 Å². The summed E-state index contributed by atoms with van der Waals surface area (Å²) in [5.74, 6) is 0. The van der Waals surface area contributed by atoms with Crippen LogP contribution in [0.3, 0.4) is 0 Å². The van der Waals surface area contributed by atoms with Crippen molar-refractivity contribution in [3.63, 3.8) is 0 Å². The molecule has 0 aliphatic heterocycles. The molecule has 0 unspecified atom stereocenters. The third-order valence-corrected chi connectivity index (χ3v) is 4.35. The molecule has 1 rings (SSSR count). The smallest absolute Gasteiger partial charge is 0.176 e. The SMILES string of the molecule is CSc1ccc(CC(C)(C)N)cc1S(C)(=O)=O. The van der Waals surface area contributed by atoms with E-state index in [4.69, 9.17) is 5.73 Å². The number of nitrogens with two attached hydrogens (primary N) is 1. The number of hydrogen-bond donors (Lipinski definition) is 1. The summed E-state index contributed by atoms with van der Waals surface area (Å²) in [6, 6.07) is 5.52. The van der Waals surface area contributed by atoms with Crippen LogP contribution in [0, 0.1) is 0 Å². The second-order valence-corrected chi connectivity index (χ2v) is 7.75. The van der Waals surface area contributed by atoms with Crippen molar-refractivity contribution in [2.75, 3.05) is 12.5 Å². The minimum atomic E-state index is -3.19. The molecule has 1 aromatic carbocycles. The molecule has 0 amide bonds. The fraction of sp³-hybridized carbons (Fsp3) is 0.500. The van der Waals surface area contributed by atoms with Gasteiger partial charge in [0, 0.05) is 16.7 Å². The Morgan fingerprint density at radius 2 is 1.94 bits per heavy atom. The van der Waals surface area contributed by atoms with Crippen LogP contribution in [0.1, 0.15) is 19.4 Å². The van der Waals surface area contributed by atoms with Gasteiger partial charge in [-0.15, -0.1) is 11.8 Å². The van der Waals surface area contributed by atoms with Crippen LogP contribution in [0.25, 0.3) is 0 Å². The topological polar surface area (TPSA) is 60.2 Å². The van der Waals surface area contributed by atoms with Gasteiger partial charge in [0.15, 0.2) is 9.84 Å². The summed E-state index contributed by atoms with van der Waals surface area (Å²) < 4.78 is 23.4. The highest BCUT2D eigenvalue weighted by Crippen LogP contribution is 2.26. The highest BCUT2D eigenvalue weighted by Gasteiger charge is 2.17. The molecule has 0 aliphatic carbocycles. The van der Waals surface area contributed by atoms with Crippen LogP contribution in [-0.4, -0.2) is 26.5 Å². The first-order valence-corrected chi connectivity index (χ1v) is 8.41. The number of hydrogen-bond acceptors (Lipinski definition) is 4. The Kier molecular flexibility index (Phi) is 4.28. The molecule has 17 heavy (non-hydrogen) atoms. The van der Waals surface area contributed by atoms with Crippen LogP contribution in [0.15, 0.2) is 28.0 Å². The van der Waals surface area contributed by atoms with Crippen molar-refractivity contribution in [2.45, 2.75) is 35.6 Å². The molecule has 1 aromatic rings. The Morgan fingerprint density at radius 3 is 2.35 bits per heavy atom. The Hall–Kier alpha value is -0.520. The summed E-state index contributed by atoms with van der Waals surface area (Å²) in [5, 5.41) is 0. The summed E-state index contributed by atoms with van der Waals surface area (Å²) in [6.45, 7) is 3.85. The number of benzene rings is 1. The van der Waals surface area contributed by atoms with Crippen LogP contribution >= 0.6 is 11.8 Å². The predicted molar refractivity (Wildman–Crippen MR) is 73.3 cm³/mol. The van der Waals surface area contributed by atoms with Crippen LogP contribution in [-0.2, 0) is 16.3 Å². The van der Waals surface area contributed by atoms with Gasteiger partial charge in [0.1, 0.15) is 0 Å². The quantitative estimate of drug-likeness (QED) is 0.853. The van der Waals surface area contributed by atoms with Crippen molar-refractivity contribution in [3.05, 3.63) is 23.8 Å². The highest BCUT2D eigenvalue weighted by atomic mass is 32.2. The maximum absolute atomic E-state index is 11.7. The van der Waals surface area contributed by atoms with Gasteiger partial charge >= 0.3 is 0 Å². The molecule has 0 saturated heterocycles. The van der Waals surface area contributed by atoms with Gasteiger partial charge < -0.3 is 5.73 Å². The summed E-state index contributed by atoms with van der Waals surface area (Å²) >= 11 is 1.44. The first kappa shape index (κ1) is 14.5. The van der Waals surface area contributed by atoms with Crippen molar-refractivity contribution < 1.29 is 8.42 Å². The van der Waals surface area contributed by atoms with Crippen molar-refractivity contribution in [2.24, 2.45) is 5.73 Å². The molecule has 0 fully saturated rings. The molecule has 0 atom stereocenters. The normalized spacial score (nSPS) is 12.8. The molecule has 2 N–H and O–H groups in total. The van der Waals surface area contributed by atoms with Gasteiger partial charge in [0.05, 0.1) is 4.90 Å². The minimum Gasteiger partial charge on any atom is -0.325 e. The lowest BCUT2D eigenvalue weighted by Gasteiger charge is -2.19. The van der Waals surface area contributed by atoms with Crippen molar-refractivity contribution >= 4 is 21.6 Å². The predicted octanol–water partition coefficient (Wildman–Crippen LogP) is 2.09. The monoisotopic (exact) mass is 273 g/mol. The van der Waals surface area contributed by atoms with Crippen molar-refractivity contribution in [1.82, 2.24) is 0 Å². The van der Waals surface area contributed by atoms with E-state index in [9.17, 15) is 8.42 Å². The van der Waals surface area contributed by atoms with Gasteiger partial charge in [-0.05, 0) is 44.2 Å². The molecule has 0 saturated carbocycles. The molecule has 0 bridgehead atoms. The van der Waals surface area contributed by atoms with Crippen LogP contribution in [0.4, 0.5) is 0 Å². The van der Waals surface area contributed by atoms with Crippen molar-refractivity contribution in [3.8, 4) is 0 Å². The molecule has 5 heteroatoms. The summed E-state index contributed by atoms with van der Waals surface area (Å²) in [7, 11) is -3.19. The standard InChI is InChI=1S/C12H19NO2S2/c1-12(2,13)8-9-5-6-10(16-3)11(7-9)17(4,14)15/h5-7H,8,13H2,1-4H3. The molecule has 0 aliphatic rings. The Labute approximate surface area is 108 Å². The minimum absolute atomic E-state index is 0.338. The van der Waals surface area contributed by atoms with E-state index >= 15 is 0 Å². The highest BCUT2D eigenvalue weighted by molar-refractivity contribution is 7.99. The lowest BCUT2D eigenvalue weighted by atomic mass is 9.96. The van der Waals surface area contributed by atoms with Gasteiger partial charge in [-0.3, -0.25) is 0 Å². The Morgan fingerprint density at radius 1 is 1.35 bits per heavy atom. The van der Waals surface area contributed by atoms with Gasteiger partial charge in [0.25, 0.3) is 0 Å². The maximum Gasteiger partial charge on any atom is 0.176 e. The third-order valence-electron chi connectivity index (χ3n) is 2.29. The zero-order valence-corrected chi connectivity index (χ0v) is 12.3. The average molecular weight is 273 g/mol. The molecule has 0 aromatic heterocycles. The molecule has 0 radical (unpaired) electrons. The van der Waals surface area contributed by atoms with Crippen molar-refractivity contribution in [1.29, 1.82) is 0 Å². The van der Waals surface area contributed by atoms with Crippen LogP contribution in [0.5, 0.6) is 0 Å². The summed E-state index contributed by atoms with van der Waals surface area (Å²) in [5.41, 5.74) is 6.56. The van der Waals surface area contributed by atoms with Crippen LogP contribution in [0.2, 0.25) is 0 Å². The number of rotatable bonds is 4. The van der Waals surface area contributed by atoms with Gasteiger partial charge in [-0.25, -0.2) is 8.42 Å². The van der Waals surface area contributed by atoms with E-state index in [0.29, 0.717) is 11.3 Å². The van der Waals surface area contributed by atoms with Crippen LogP contribution < -0.4 is 5.73 Å². The maximum atomic E-state index is 11.7. The fourth-order valence-corrected chi connectivity index (χ4v) is 3.61. The molecule has 0 heterocycles. The Balaban J connectivity index is 3.24. The first-order valence-electron chi connectivity index (χ1n) is 5.29. The van der Waals surface area contributed by atoms with Gasteiger partial charge in [0.2, 0.25) is 0 Å². The zero-order valence-electron chi connectivity index (χ0n) is 10.6. The van der Waals surface area contributed by atoms with E-state index in [1.807, 2.05) is 32.2 Å². The number of sulfone groups is 1. The van der Waals surface area contributed by atoms with E-state index in [2.05, 4.69) is 0 Å². The van der Waals surface area contributed by atoms with E-state index in [0.717, 1.165) is 10.5 Å². The van der Waals surface area contributed by atoms with Gasteiger partial charge in [-0.2, -0.15) is 0 Å². The van der Waals surface area contributed by atoms with E-state index < -0.39 is 9.84 Å². The molecule has 0 spiro atoms. The summed E-state index contributed by atoms with van der Waals surface area (Å²) in [6.07, 6.45) is 3.76. The van der Waals surface area contributed by atoms with E-state index in [-0.39, 0.29) is 5.54 Å². The van der Waals surface area contributed by atoms with E-state index in [1.54, 1.807) is 6.07 Å². The zero-order chi connectivity index (χ0) is 13.3. The lowest BCUT2D eigenvalue weighted by Crippen LogP contribution is -2.34. The lowest BCUT2D eigenvalue weighted by molar-refractivity contribution is 0.515. The Bertz CT molecular complexity index is 502. The molecule has 3 nitrogen and oxygen atoms in total. The summed E-state index contributed by atoms with van der Waals surface area (Å²) in [4.78, 5) is 1.18. The second-order valence-electron chi connectivity index (χ2n) is 4.92. The molecular formula is C12H19NO2S2. The largest absolute Gasteiger partial charge is 0.325 e. The first-order chi connectivity index (χ1) is 7.63. The number of thioether (sulfide) groups is 1. The molecule has 96 valence electrons. The molecular weight excluding hydrogens is 254 g/mol. The third kappa shape index (κ3) is 4.33. The fourth-order valence-electron chi connectivity index (χ4n) is 1.65. The second kappa shape index (κ2) is 5.00.